The molecular formula is C12H17ClN2O2. The van der Waals surface area contributed by atoms with Gasteiger partial charge in [-0.05, 0) is 25.0 Å². The van der Waals surface area contributed by atoms with Crippen LogP contribution in [0.2, 0.25) is 5.15 Å². The number of nitrogens with one attached hydrogen (secondary N) is 1. The Hall–Kier alpha value is -1.13. The van der Waals surface area contributed by atoms with E-state index < -0.39 is 0 Å². The van der Waals surface area contributed by atoms with Crippen molar-refractivity contribution in [1.29, 1.82) is 0 Å². The van der Waals surface area contributed by atoms with Crippen LogP contribution >= 0.6 is 11.6 Å². The zero-order valence-corrected chi connectivity index (χ0v) is 11.0. The van der Waals surface area contributed by atoms with E-state index in [0.29, 0.717) is 16.4 Å². The summed E-state index contributed by atoms with van der Waals surface area (Å²) in [6, 6.07) is 2.92. The second-order valence-electron chi connectivity index (χ2n) is 4.33. The molecule has 1 unspecified atom stereocenters. The maximum atomic E-state index is 11.9. The van der Waals surface area contributed by atoms with Crippen LogP contribution in [0.25, 0.3) is 0 Å². The molecule has 5 heteroatoms. The molecule has 1 atom stereocenters. The highest BCUT2D eigenvalue weighted by Gasteiger charge is 2.16. The van der Waals surface area contributed by atoms with E-state index in [1.54, 1.807) is 13.0 Å². The van der Waals surface area contributed by atoms with Crippen molar-refractivity contribution in [3.63, 3.8) is 0 Å². The minimum atomic E-state index is -0.255. The van der Waals surface area contributed by atoms with Crippen molar-refractivity contribution in [1.82, 2.24) is 10.3 Å². The SMILES string of the molecule is Cc1cc(C(=O)NC(CO)C(C)C)cc(Cl)n1. The van der Waals surface area contributed by atoms with E-state index in [4.69, 9.17) is 16.7 Å². The van der Waals surface area contributed by atoms with Gasteiger partial charge in [-0.25, -0.2) is 4.98 Å². The van der Waals surface area contributed by atoms with Crippen LogP contribution in [0.3, 0.4) is 0 Å². The molecule has 0 spiro atoms. The summed E-state index contributed by atoms with van der Waals surface area (Å²) in [5.41, 5.74) is 1.15. The van der Waals surface area contributed by atoms with Crippen molar-refractivity contribution in [2.45, 2.75) is 26.8 Å². The smallest absolute Gasteiger partial charge is 0.251 e. The van der Waals surface area contributed by atoms with Crippen molar-refractivity contribution in [2.24, 2.45) is 5.92 Å². The van der Waals surface area contributed by atoms with Gasteiger partial charge in [0.25, 0.3) is 5.91 Å². The third kappa shape index (κ3) is 3.98. The fourth-order valence-electron chi connectivity index (χ4n) is 1.43. The number of halogens is 1. The molecule has 0 bridgehead atoms. The fourth-order valence-corrected chi connectivity index (χ4v) is 1.68. The second kappa shape index (κ2) is 5.98. The summed E-state index contributed by atoms with van der Waals surface area (Å²) >= 11 is 5.79. The lowest BCUT2D eigenvalue weighted by atomic mass is 10.0. The van der Waals surface area contributed by atoms with Crippen molar-refractivity contribution in [3.05, 3.63) is 28.5 Å². The summed E-state index contributed by atoms with van der Waals surface area (Å²) < 4.78 is 0. The molecule has 1 amide bonds. The Morgan fingerprint density at radius 2 is 2.18 bits per heavy atom. The highest BCUT2D eigenvalue weighted by atomic mass is 35.5. The molecule has 0 aliphatic heterocycles. The number of nitrogens with zero attached hydrogens (tertiary/aromatic N) is 1. The van der Waals surface area contributed by atoms with Gasteiger partial charge in [-0.15, -0.1) is 0 Å². The van der Waals surface area contributed by atoms with E-state index in [1.165, 1.54) is 6.07 Å². The van der Waals surface area contributed by atoms with Crippen LogP contribution in [0.15, 0.2) is 12.1 Å². The van der Waals surface area contributed by atoms with E-state index in [9.17, 15) is 4.79 Å². The van der Waals surface area contributed by atoms with E-state index in [1.807, 2.05) is 13.8 Å². The number of carbonyl (C=O) groups excluding carboxylic acids is 1. The largest absolute Gasteiger partial charge is 0.394 e. The predicted molar refractivity (Wildman–Crippen MR) is 67.2 cm³/mol. The monoisotopic (exact) mass is 256 g/mol. The average Bonchev–Trinajstić information content (AvgIpc) is 2.23. The van der Waals surface area contributed by atoms with E-state index >= 15 is 0 Å². The number of aliphatic hydroxyl groups is 1. The van der Waals surface area contributed by atoms with Gasteiger partial charge in [0.15, 0.2) is 0 Å². The first-order valence-corrected chi connectivity index (χ1v) is 5.87. The van der Waals surface area contributed by atoms with Crippen molar-refractivity contribution in [3.8, 4) is 0 Å². The summed E-state index contributed by atoms with van der Waals surface area (Å²) in [6.45, 7) is 5.56. The number of carbonyl (C=O) groups is 1. The third-order valence-electron chi connectivity index (χ3n) is 2.50. The lowest BCUT2D eigenvalue weighted by Gasteiger charge is -2.19. The van der Waals surface area contributed by atoms with Crippen LogP contribution in [0, 0.1) is 12.8 Å². The number of pyridine rings is 1. The van der Waals surface area contributed by atoms with Crippen molar-refractivity contribution < 1.29 is 9.90 Å². The molecule has 0 aliphatic rings. The Kier molecular flexibility index (Phi) is 4.90. The van der Waals surface area contributed by atoms with Crippen LogP contribution in [0.5, 0.6) is 0 Å². The summed E-state index contributed by atoms with van der Waals surface area (Å²) in [7, 11) is 0. The quantitative estimate of drug-likeness (QED) is 0.808. The molecular weight excluding hydrogens is 240 g/mol. The standard InChI is InChI=1S/C12H17ClN2O2/c1-7(2)10(6-16)15-12(17)9-4-8(3)14-11(13)5-9/h4-5,7,10,16H,6H2,1-3H3,(H,15,17). The van der Waals surface area contributed by atoms with Crippen LogP contribution in [0.4, 0.5) is 0 Å². The summed E-state index contributed by atoms with van der Waals surface area (Å²) in [5, 5.41) is 12.2. The minimum absolute atomic E-state index is 0.0821. The highest BCUT2D eigenvalue weighted by molar-refractivity contribution is 6.29. The zero-order chi connectivity index (χ0) is 13.0. The van der Waals surface area contributed by atoms with Crippen LogP contribution < -0.4 is 5.32 Å². The molecule has 0 aromatic carbocycles. The Labute approximate surface area is 106 Å². The Morgan fingerprint density at radius 1 is 1.53 bits per heavy atom. The van der Waals surface area contributed by atoms with Gasteiger partial charge in [-0.2, -0.15) is 0 Å². The first-order chi connectivity index (χ1) is 7.93. The molecule has 0 saturated heterocycles. The molecule has 2 N–H and O–H groups in total. The van der Waals surface area contributed by atoms with Crippen molar-refractivity contribution >= 4 is 17.5 Å². The highest BCUT2D eigenvalue weighted by Crippen LogP contribution is 2.11. The maximum absolute atomic E-state index is 11.9. The molecule has 4 nitrogen and oxygen atoms in total. The molecule has 0 radical (unpaired) electrons. The van der Waals surface area contributed by atoms with E-state index in [-0.39, 0.29) is 24.5 Å². The number of aromatic nitrogens is 1. The van der Waals surface area contributed by atoms with E-state index in [0.717, 1.165) is 0 Å². The van der Waals surface area contributed by atoms with Crippen LogP contribution in [-0.2, 0) is 0 Å². The Morgan fingerprint density at radius 3 is 2.65 bits per heavy atom. The third-order valence-corrected chi connectivity index (χ3v) is 2.70. The van der Waals surface area contributed by atoms with Crippen LogP contribution in [-0.4, -0.2) is 28.6 Å². The van der Waals surface area contributed by atoms with Gasteiger partial charge in [-0.1, -0.05) is 25.4 Å². The maximum Gasteiger partial charge on any atom is 0.251 e. The number of rotatable bonds is 4. The van der Waals surface area contributed by atoms with E-state index in [2.05, 4.69) is 10.3 Å². The Balaban J connectivity index is 2.82. The topological polar surface area (TPSA) is 62.2 Å². The average molecular weight is 257 g/mol. The molecule has 17 heavy (non-hydrogen) atoms. The first-order valence-electron chi connectivity index (χ1n) is 5.50. The lowest BCUT2D eigenvalue weighted by molar-refractivity contribution is 0.0896. The number of aryl methyl sites for hydroxylation is 1. The molecule has 1 aromatic rings. The molecule has 0 saturated carbocycles. The molecule has 1 aromatic heterocycles. The number of hydrogen-bond acceptors (Lipinski definition) is 3. The van der Waals surface area contributed by atoms with Crippen molar-refractivity contribution in [2.75, 3.05) is 6.61 Å². The number of hydrogen-bond donors (Lipinski definition) is 2. The van der Waals surface area contributed by atoms with Gasteiger partial charge in [-0.3, -0.25) is 4.79 Å². The van der Waals surface area contributed by atoms with Gasteiger partial charge in [0.1, 0.15) is 5.15 Å². The van der Waals surface area contributed by atoms with Gasteiger partial charge in [0.2, 0.25) is 0 Å². The Bertz CT molecular complexity index is 387. The normalized spacial score (nSPS) is 12.6. The molecule has 1 rings (SSSR count). The fraction of sp³-hybridized carbons (Fsp3) is 0.500. The van der Waals surface area contributed by atoms with Gasteiger partial charge in [0, 0.05) is 11.3 Å². The molecule has 0 fully saturated rings. The van der Waals surface area contributed by atoms with Gasteiger partial charge in [0.05, 0.1) is 12.6 Å². The lowest BCUT2D eigenvalue weighted by Crippen LogP contribution is -2.41. The molecule has 94 valence electrons. The van der Waals surface area contributed by atoms with Crippen LogP contribution in [0.1, 0.15) is 29.9 Å². The zero-order valence-electron chi connectivity index (χ0n) is 10.2. The number of aliphatic hydroxyl groups excluding tert-OH is 1. The molecule has 1 heterocycles. The second-order valence-corrected chi connectivity index (χ2v) is 4.71. The minimum Gasteiger partial charge on any atom is -0.394 e. The number of amides is 1. The first kappa shape index (κ1) is 13.9. The molecule has 0 aliphatic carbocycles. The summed E-state index contributed by atoms with van der Waals surface area (Å²) in [6.07, 6.45) is 0. The predicted octanol–water partition coefficient (Wildman–Crippen LogP) is 1.79. The summed E-state index contributed by atoms with van der Waals surface area (Å²) in [4.78, 5) is 15.9. The van der Waals surface area contributed by atoms with Gasteiger partial charge >= 0.3 is 0 Å². The summed E-state index contributed by atoms with van der Waals surface area (Å²) in [5.74, 6) is -0.0764. The van der Waals surface area contributed by atoms with Gasteiger partial charge < -0.3 is 10.4 Å².